The van der Waals surface area contributed by atoms with E-state index in [0.717, 1.165) is 10.5 Å². The molecule has 3 aromatic rings. The maximum atomic E-state index is 13.3. The molecule has 1 amide bonds. The minimum absolute atomic E-state index is 0.143. The molecule has 0 bridgehead atoms. The molecule has 3 rings (SSSR count). The van der Waals surface area contributed by atoms with Crippen molar-refractivity contribution >= 4 is 45.0 Å². The van der Waals surface area contributed by atoms with Crippen LogP contribution in [-0.2, 0) is 14.8 Å². The summed E-state index contributed by atoms with van der Waals surface area (Å²) in [5.74, 6) is 0.294. The molecule has 0 unspecified atom stereocenters. The van der Waals surface area contributed by atoms with E-state index in [2.05, 4.69) is 5.32 Å². The lowest BCUT2D eigenvalue weighted by molar-refractivity contribution is -0.119. The predicted molar refractivity (Wildman–Crippen MR) is 127 cm³/mol. The summed E-state index contributed by atoms with van der Waals surface area (Å²) in [6.07, 6.45) is 0. The first kappa shape index (κ1) is 23.2. The minimum Gasteiger partial charge on any atom is -0.354 e. The van der Waals surface area contributed by atoms with E-state index in [4.69, 9.17) is 11.6 Å². The number of anilines is 1. The average Bonchev–Trinajstić information content (AvgIpc) is 2.77. The molecule has 0 aliphatic rings. The molecule has 0 aliphatic heterocycles. The maximum absolute atomic E-state index is 13.3. The highest BCUT2D eigenvalue weighted by atomic mass is 35.5. The van der Waals surface area contributed by atoms with Gasteiger partial charge in [-0.15, -0.1) is 11.8 Å². The lowest BCUT2D eigenvalue weighted by Crippen LogP contribution is -2.41. The smallest absolute Gasteiger partial charge is 0.264 e. The summed E-state index contributed by atoms with van der Waals surface area (Å²) < 4.78 is 27.8. The fourth-order valence-corrected chi connectivity index (χ4v) is 5.34. The van der Waals surface area contributed by atoms with Gasteiger partial charge in [-0.3, -0.25) is 9.10 Å². The number of hydrogen-bond donors (Lipinski definition) is 1. The van der Waals surface area contributed by atoms with Gasteiger partial charge in [-0.25, -0.2) is 8.42 Å². The number of thioether (sulfide) groups is 1. The summed E-state index contributed by atoms with van der Waals surface area (Å²) in [5.41, 5.74) is 1.25. The summed E-state index contributed by atoms with van der Waals surface area (Å²) in [6, 6.07) is 22.7. The third-order valence-corrected chi connectivity index (χ3v) is 7.55. The van der Waals surface area contributed by atoms with Crippen molar-refractivity contribution in [2.45, 2.75) is 16.7 Å². The van der Waals surface area contributed by atoms with Gasteiger partial charge in [0.05, 0.1) is 10.6 Å². The number of aryl methyl sites for hydroxylation is 1. The van der Waals surface area contributed by atoms with Gasteiger partial charge in [-0.05, 0) is 55.0 Å². The first-order valence-electron chi connectivity index (χ1n) is 9.66. The molecule has 0 aromatic heterocycles. The molecule has 0 aliphatic carbocycles. The molecule has 0 heterocycles. The Morgan fingerprint density at radius 1 is 0.968 bits per heavy atom. The first-order chi connectivity index (χ1) is 14.9. The lowest BCUT2D eigenvalue weighted by atomic mass is 10.2. The zero-order chi connectivity index (χ0) is 22.3. The van der Waals surface area contributed by atoms with Gasteiger partial charge in [-0.1, -0.05) is 48.0 Å². The van der Waals surface area contributed by atoms with Crippen molar-refractivity contribution < 1.29 is 13.2 Å². The summed E-state index contributed by atoms with van der Waals surface area (Å²) in [5, 5.41) is 3.49. The van der Waals surface area contributed by atoms with Crippen LogP contribution in [0.2, 0.25) is 5.02 Å². The van der Waals surface area contributed by atoms with Crippen LogP contribution in [0.5, 0.6) is 0 Å². The highest BCUT2D eigenvalue weighted by molar-refractivity contribution is 7.99. The number of sulfonamides is 1. The molecule has 1 N–H and O–H groups in total. The van der Waals surface area contributed by atoms with Gasteiger partial charge >= 0.3 is 0 Å². The van der Waals surface area contributed by atoms with Crippen molar-refractivity contribution in [3.63, 3.8) is 0 Å². The Hall–Kier alpha value is -2.48. The van der Waals surface area contributed by atoms with Gasteiger partial charge in [0.1, 0.15) is 6.54 Å². The van der Waals surface area contributed by atoms with Crippen LogP contribution in [-0.4, -0.2) is 33.2 Å². The van der Waals surface area contributed by atoms with E-state index in [1.807, 2.05) is 43.3 Å². The van der Waals surface area contributed by atoms with Gasteiger partial charge in [0, 0.05) is 22.2 Å². The van der Waals surface area contributed by atoms with Crippen LogP contribution in [0.25, 0.3) is 0 Å². The van der Waals surface area contributed by atoms with Gasteiger partial charge in [-0.2, -0.15) is 0 Å². The van der Waals surface area contributed by atoms with E-state index in [1.165, 1.54) is 16.4 Å². The second-order valence-electron chi connectivity index (χ2n) is 6.76. The van der Waals surface area contributed by atoms with Crippen LogP contribution in [0.15, 0.2) is 88.7 Å². The molecule has 5 nitrogen and oxygen atoms in total. The number of nitrogens with zero attached hydrogens (tertiary/aromatic N) is 1. The number of carbonyl (C=O) groups is 1. The summed E-state index contributed by atoms with van der Waals surface area (Å²) in [6.45, 7) is 1.94. The van der Waals surface area contributed by atoms with E-state index in [9.17, 15) is 13.2 Å². The normalized spacial score (nSPS) is 11.2. The number of nitrogens with one attached hydrogen (secondary N) is 1. The Bertz CT molecular complexity index is 1120. The number of hydrogen-bond acceptors (Lipinski definition) is 4. The first-order valence-corrected chi connectivity index (χ1v) is 12.5. The largest absolute Gasteiger partial charge is 0.354 e. The second-order valence-corrected chi connectivity index (χ2v) is 10.2. The second kappa shape index (κ2) is 10.7. The fraction of sp³-hybridized carbons (Fsp3) is 0.174. The standard InChI is InChI=1S/C23H23ClN2O3S2/c1-18-7-5-6-10-22(18)26(31(28,29)21-8-3-2-4-9-21)17-23(27)25-15-16-30-20-13-11-19(24)12-14-20/h2-14H,15-17H2,1H3,(H,25,27). The Balaban J connectivity index is 1.69. The van der Waals surface area contributed by atoms with Crippen LogP contribution < -0.4 is 9.62 Å². The predicted octanol–water partition coefficient (Wildman–Crippen LogP) is 4.75. The van der Waals surface area contributed by atoms with Crippen LogP contribution in [0.4, 0.5) is 5.69 Å². The van der Waals surface area contributed by atoms with Crippen molar-refractivity contribution in [1.29, 1.82) is 0 Å². The number of benzene rings is 3. The summed E-state index contributed by atoms with van der Waals surface area (Å²) in [7, 11) is -3.89. The average molecular weight is 475 g/mol. The van der Waals surface area contributed by atoms with Gasteiger partial charge in [0.15, 0.2) is 0 Å². The van der Waals surface area contributed by atoms with Gasteiger partial charge in [0.2, 0.25) is 5.91 Å². The molecule has 162 valence electrons. The quantitative estimate of drug-likeness (QED) is 0.359. The number of para-hydroxylation sites is 1. The van der Waals surface area contributed by atoms with Crippen LogP contribution in [0.3, 0.4) is 0 Å². The number of halogens is 1. The number of carbonyl (C=O) groups excluding carboxylic acids is 1. The van der Waals surface area contributed by atoms with Crippen LogP contribution in [0, 0.1) is 6.92 Å². The molecule has 3 aromatic carbocycles. The van der Waals surface area contributed by atoms with Crippen molar-refractivity contribution in [3.8, 4) is 0 Å². The molecule has 0 radical (unpaired) electrons. The van der Waals surface area contributed by atoms with Crippen molar-refractivity contribution in [1.82, 2.24) is 5.32 Å². The minimum atomic E-state index is -3.89. The molecular weight excluding hydrogens is 452 g/mol. The monoisotopic (exact) mass is 474 g/mol. The zero-order valence-electron chi connectivity index (χ0n) is 17.0. The molecule has 8 heteroatoms. The third kappa shape index (κ3) is 6.26. The van der Waals surface area contributed by atoms with E-state index < -0.39 is 10.0 Å². The SMILES string of the molecule is Cc1ccccc1N(CC(=O)NCCSc1ccc(Cl)cc1)S(=O)(=O)c1ccccc1. The van der Waals surface area contributed by atoms with E-state index in [-0.39, 0.29) is 17.3 Å². The summed E-state index contributed by atoms with van der Waals surface area (Å²) in [4.78, 5) is 13.8. The molecule has 0 spiro atoms. The molecule has 0 atom stereocenters. The van der Waals surface area contributed by atoms with Crippen molar-refractivity contribution in [2.75, 3.05) is 23.1 Å². The third-order valence-electron chi connectivity index (χ3n) is 4.51. The number of amides is 1. The van der Waals surface area contributed by atoms with Gasteiger partial charge < -0.3 is 5.32 Å². The molecular formula is C23H23ClN2O3S2. The Kier molecular flexibility index (Phi) is 8.01. The van der Waals surface area contributed by atoms with Crippen molar-refractivity contribution in [2.24, 2.45) is 0 Å². The van der Waals surface area contributed by atoms with E-state index >= 15 is 0 Å². The summed E-state index contributed by atoms with van der Waals surface area (Å²) >= 11 is 7.47. The van der Waals surface area contributed by atoms with E-state index in [1.54, 1.807) is 42.1 Å². The van der Waals surface area contributed by atoms with Crippen LogP contribution >= 0.6 is 23.4 Å². The van der Waals surface area contributed by atoms with Crippen molar-refractivity contribution in [3.05, 3.63) is 89.4 Å². The molecule has 0 fully saturated rings. The highest BCUT2D eigenvalue weighted by Crippen LogP contribution is 2.26. The molecule has 31 heavy (non-hydrogen) atoms. The maximum Gasteiger partial charge on any atom is 0.264 e. The van der Waals surface area contributed by atoms with Crippen LogP contribution in [0.1, 0.15) is 5.56 Å². The Labute approximate surface area is 192 Å². The fourth-order valence-electron chi connectivity index (χ4n) is 2.94. The lowest BCUT2D eigenvalue weighted by Gasteiger charge is -2.25. The topological polar surface area (TPSA) is 66.5 Å². The highest BCUT2D eigenvalue weighted by Gasteiger charge is 2.27. The Morgan fingerprint density at radius 3 is 2.29 bits per heavy atom. The molecule has 0 saturated heterocycles. The zero-order valence-corrected chi connectivity index (χ0v) is 19.4. The van der Waals surface area contributed by atoms with E-state index in [0.29, 0.717) is 23.0 Å². The van der Waals surface area contributed by atoms with Gasteiger partial charge in [0.25, 0.3) is 10.0 Å². The molecule has 0 saturated carbocycles. The number of rotatable bonds is 9. The Morgan fingerprint density at radius 2 is 1.61 bits per heavy atom.